The standard InChI is InChI=1S/C18H21NO2/c1-13-4-7-16(8-5-13)18(20)19-10-11-21-17-9-6-14(2)12-15(17)3/h4-9,12H,10-11H2,1-3H3,(H,19,20). The van der Waals surface area contributed by atoms with Gasteiger partial charge in [-0.05, 0) is 44.5 Å². The van der Waals surface area contributed by atoms with Crippen LogP contribution in [0.1, 0.15) is 27.0 Å². The molecule has 3 heteroatoms. The third-order valence-corrected chi connectivity index (χ3v) is 3.29. The lowest BCUT2D eigenvalue weighted by Crippen LogP contribution is -2.28. The molecule has 0 radical (unpaired) electrons. The Morgan fingerprint density at radius 3 is 2.33 bits per heavy atom. The molecule has 0 unspecified atom stereocenters. The van der Waals surface area contributed by atoms with Gasteiger partial charge < -0.3 is 10.1 Å². The number of aryl methyl sites for hydroxylation is 3. The molecule has 2 rings (SSSR count). The van der Waals surface area contributed by atoms with E-state index < -0.39 is 0 Å². The molecular formula is C18H21NO2. The summed E-state index contributed by atoms with van der Waals surface area (Å²) >= 11 is 0. The van der Waals surface area contributed by atoms with Crippen molar-refractivity contribution in [1.29, 1.82) is 0 Å². The predicted molar refractivity (Wildman–Crippen MR) is 84.9 cm³/mol. The zero-order chi connectivity index (χ0) is 15.2. The number of hydrogen-bond donors (Lipinski definition) is 1. The van der Waals surface area contributed by atoms with Gasteiger partial charge in [-0.2, -0.15) is 0 Å². The van der Waals surface area contributed by atoms with Gasteiger partial charge in [0.2, 0.25) is 0 Å². The molecule has 0 saturated carbocycles. The number of benzene rings is 2. The summed E-state index contributed by atoms with van der Waals surface area (Å²) in [6, 6.07) is 13.6. The SMILES string of the molecule is Cc1ccc(C(=O)NCCOc2ccc(C)cc2C)cc1. The van der Waals surface area contributed by atoms with Crippen LogP contribution >= 0.6 is 0 Å². The topological polar surface area (TPSA) is 38.3 Å². The molecular weight excluding hydrogens is 262 g/mol. The first kappa shape index (κ1) is 15.1. The molecule has 3 nitrogen and oxygen atoms in total. The lowest BCUT2D eigenvalue weighted by Gasteiger charge is -2.10. The van der Waals surface area contributed by atoms with Gasteiger partial charge in [0.05, 0.1) is 6.54 Å². The lowest BCUT2D eigenvalue weighted by molar-refractivity contribution is 0.0947. The Hall–Kier alpha value is -2.29. The number of amides is 1. The van der Waals surface area contributed by atoms with Crippen LogP contribution in [-0.2, 0) is 0 Å². The van der Waals surface area contributed by atoms with E-state index in [-0.39, 0.29) is 5.91 Å². The second-order valence-electron chi connectivity index (χ2n) is 5.24. The van der Waals surface area contributed by atoms with Gasteiger partial charge in [-0.1, -0.05) is 35.4 Å². The quantitative estimate of drug-likeness (QED) is 0.854. The van der Waals surface area contributed by atoms with Crippen molar-refractivity contribution in [2.45, 2.75) is 20.8 Å². The number of nitrogens with one attached hydrogen (secondary N) is 1. The molecule has 0 fully saturated rings. The van der Waals surface area contributed by atoms with Crippen LogP contribution in [0.3, 0.4) is 0 Å². The molecule has 0 spiro atoms. The molecule has 0 saturated heterocycles. The average Bonchev–Trinajstić information content (AvgIpc) is 2.46. The minimum absolute atomic E-state index is 0.0702. The predicted octanol–water partition coefficient (Wildman–Crippen LogP) is 3.42. The highest BCUT2D eigenvalue weighted by molar-refractivity contribution is 5.94. The largest absolute Gasteiger partial charge is 0.491 e. The van der Waals surface area contributed by atoms with Gasteiger partial charge in [0.25, 0.3) is 5.91 Å². The summed E-state index contributed by atoms with van der Waals surface area (Å²) in [5.74, 6) is 0.796. The fourth-order valence-corrected chi connectivity index (χ4v) is 2.09. The summed E-state index contributed by atoms with van der Waals surface area (Å²) in [5.41, 5.74) is 4.14. The first-order chi connectivity index (χ1) is 10.1. The Bertz CT molecular complexity index is 618. The third kappa shape index (κ3) is 4.35. The van der Waals surface area contributed by atoms with Crippen LogP contribution in [0.25, 0.3) is 0 Å². The van der Waals surface area contributed by atoms with Crippen molar-refractivity contribution < 1.29 is 9.53 Å². The van der Waals surface area contributed by atoms with Crippen LogP contribution in [0.4, 0.5) is 0 Å². The van der Waals surface area contributed by atoms with E-state index in [1.165, 1.54) is 5.56 Å². The molecule has 110 valence electrons. The molecule has 1 amide bonds. The maximum atomic E-state index is 11.9. The van der Waals surface area contributed by atoms with E-state index in [0.717, 1.165) is 16.9 Å². The fraction of sp³-hybridized carbons (Fsp3) is 0.278. The summed E-state index contributed by atoms with van der Waals surface area (Å²) in [4.78, 5) is 11.9. The highest BCUT2D eigenvalue weighted by Crippen LogP contribution is 2.18. The summed E-state index contributed by atoms with van der Waals surface area (Å²) in [6.07, 6.45) is 0. The molecule has 0 heterocycles. The first-order valence-electron chi connectivity index (χ1n) is 7.11. The monoisotopic (exact) mass is 283 g/mol. The molecule has 1 N–H and O–H groups in total. The number of ether oxygens (including phenoxy) is 1. The number of carbonyl (C=O) groups excluding carboxylic acids is 1. The third-order valence-electron chi connectivity index (χ3n) is 3.29. The number of rotatable bonds is 5. The Labute approximate surface area is 126 Å². The van der Waals surface area contributed by atoms with E-state index in [1.807, 2.05) is 50.2 Å². The molecule has 2 aromatic carbocycles. The van der Waals surface area contributed by atoms with Crippen LogP contribution < -0.4 is 10.1 Å². The molecule has 0 aliphatic rings. The molecule has 0 aliphatic heterocycles. The molecule has 0 aromatic heterocycles. The highest BCUT2D eigenvalue weighted by Gasteiger charge is 2.04. The summed E-state index contributed by atoms with van der Waals surface area (Å²) in [5, 5.41) is 2.86. The maximum absolute atomic E-state index is 11.9. The van der Waals surface area contributed by atoms with Crippen molar-refractivity contribution in [3.8, 4) is 5.75 Å². The average molecular weight is 283 g/mol. The first-order valence-corrected chi connectivity index (χ1v) is 7.11. The normalized spacial score (nSPS) is 10.2. The van der Waals surface area contributed by atoms with Gasteiger partial charge in [0, 0.05) is 5.56 Å². The molecule has 0 aliphatic carbocycles. The van der Waals surface area contributed by atoms with E-state index in [9.17, 15) is 4.79 Å². The number of hydrogen-bond acceptors (Lipinski definition) is 2. The maximum Gasteiger partial charge on any atom is 0.251 e. The van der Waals surface area contributed by atoms with Crippen LogP contribution in [0.2, 0.25) is 0 Å². The van der Waals surface area contributed by atoms with Crippen molar-refractivity contribution in [2.24, 2.45) is 0 Å². The lowest BCUT2D eigenvalue weighted by atomic mass is 10.1. The van der Waals surface area contributed by atoms with Crippen LogP contribution in [-0.4, -0.2) is 19.1 Å². The summed E-state index contributed by atoms with van der Waals surface area (Å²) < 4.78 is 5.68. The molecule has 0 atom stereocenters. The van der Waals surface area contributed by atoms with Gasteiger partial charge >= 0.3 is 0 Å². The minimum Gasteiger partial charge on any atom is -0.491 e. The van der Waals surface area contributed by atoms with Crippen molar-refractivity contribution in [3.63, 3.8) is 0 Å². The van der Waals surface area contributed by atoms with E-state index in [2.05, 4.69) is 18.3 Å². The second-order valence-corrected chi connectivity index (χ2v) is 5.24. The fourth-order valence-electron chi connectivity index (χ4n) is 2.09. The second kappa shape index (κ2) is 6.93. The van der Waals surface area contributed by atoms with Crippen LogP contribution in [0.5, 0.6) is 5.75 Å². The zero-order valence-electron chi connectivity index (χ0n) is 12.8. The van der Waals surface area contributed by atoms with E-state index in [1.54, 1.807) is 0 Å². The molecule has 21 heavy (non-hydrogen) atoms. The van der Waals surface area contributed by atoms with Crippen molar-refractivity contribution >= 4 is 5.91 Å². The zero-order valence-corrected chi connectivity index (χ0v) is 12.8. The van der Waals surface area contributed by atoms with Gasteiger partial charge in [0.15, 0.2) is 0 Å². The van der Waals surface area contributed by atoms with E-state index >= 15 is 0 Å². The minimum atomic E-state index is -0.0702. The van der Waals surface area contributed by atoms with Gasteiger partial charge in [-0.25, -0.2) is 0 Å². The van der Waals surface area contributed by atoms with Gasteiger partial charge in [0.1, 0.15) is 12.4 Å². The van der Waals surface area contributed by atoms with Crippen molar-refractivity contribution in [3.05, 3.63) is 64.7 Å². The smallest absolute Gasteiger partial charge is 0.251 e. The van der Waals surface area contributed by atoms with Gasteiger partial charge in [-0.15, -0.1) is 0 Å². The van der Waals surface area contributed by atoms with Crippen molar-refractivity contribution in [1.82, 2.24) is 5.32 Å². The Morgan fingerprint density at radius 2 is 1.67 bits per heavy atom. The Kier molecular flexibility index (Phi) is 4.99. The van der Waals surface area contributed by atoms with Crippen molar-refractivity contribution in [2.75, 3.05) is 13.2 Å². The summed E-state index contributed by atoms with van der Waals surface area (Å²) in [7, 11) is 0. The summed E-state index contributed by atoms with van der Waals surface area (Å²) in [6.45, 7) is 7.02. The van der Waals surface area contributed by atoms with Crippen LogP contribution in [0.15, 0.2) is 42.5 Å². The Morgan fingerprint density at radius 1 is 1.00 bits per heavy atom. The van der Waals surface area contributed by atoms with E-state index in [4.69, 9.17) is 4.74 Å². The van der Waals surface area contributed by atoms with E-state index in [0.29, 0.717) is 18.7 Å². The Balaban J connectivity index is 1.79. The van der Waals surface area contributed by atoms with Gasteiger partial charge in [-0.3, -0.25) is 4.79 Å². The number of carbonyl (C=O) groups is 1. The molecule has 2 aromatic rings. The van der Waals surface area contributed by atoms with Crippen LogP contribution in [0, 0.1) is 20.8 Å². The highest BCUT2D eigenvalue weighted by atomic mass is 16.5. The molecule has 0 bridgehead atoms.